The smallest absolute Gasteiger partial charge is 0.321 e. The van der Waals surface area contributed by atoms with Crippen LogP contribution in [0.1, 0.15) is 38.1 Å². The van der Waals surface area contributed by atoms with Crippen molar-refractivity contribution in [3.05, 3.63) is 29.6 Å². The van der Waals surface area contributed by atoms with Gasteiger partial charge in [0.05, 0.1) is 5.56 Å². The van der Waals surface area contributed by atoms with Gasteiger partial charge in [0.15, 0.2) is 12.4 Å². The molecule has 120 valence electrons. The third-order valence-corrected chi connectivity index (χ3v) is 2.43. The first-order valence-corrected chi connectivity index (χ1v) is 6.64. The molecule has 1 aromatic rings. The Morgan fingerprint density at radius 3 is 2.36 bits per heavy atom. The van der Waals surface area contributed by atoms with E-state index in [-0.39, 0.29) is 11.3 Å². The molecule has 0 heterocycles. The lowest BCUT2D eigenvalue weighted by Crippen LogP contribution is -2.49. The Labute approximate surface area is 128 Å². The predicted octanol–water partition coefficient (Wildman–Crippen LogP) is 2.03. The number of ketones is 1. The molecule has 0 unspecified atom stereocenters. The van der Waals surface area contributed by atoms with Gasteiger partial charge < -0.3 is 10.1 Å². The van der Waals surface area contributed by atoms with Crippen molar-refractivity contribution < 1.29 is 23.5 Å². The molecular formula is C15H19FN2O4. The van der Waals surface area contributed by atoms with E-state index < -0.39 is 35.7 Å². The van der Waals surface area contributed by atoms with Gasteiger partial charge in [0.25, 0.3) is 5.91 Å². The average molecular weight is 310 g/mol. The Bertz CT molecular complexity index is 594. The summed E-state index contributed by atoms with van der Waals surface area (Å²) in [6.45, 7) is 6.11. The molecule has 0 aromatic heterocycles. The van der Waals surface area contributed by atoms with Gasteiger partial charge in [0, 0.05) is 11.6 Å². The van der Waals surface area contributed by atoms with Crippen molar-refractivity contribution in [3.8, 4) is 5.75 Å². The fourth-order valence-corrected chi connectivity index (χ4v) is 1.55. The summed E-state index contributed by atoms with van der Waals surface area (Å²) in [4.78, 5) is 34.1. The highest BCUT2D eigenvalue weighted by molar-refractivity contribution is 5.95. The molecule has 2 N–H and O–H groups in total. The van der Waals surface area contributed by atoms with Gasteiger partial charge in [0.1, 0.15) is 11.6 Å². The predicted molar refractivity (Wildman–Crippen MR) is 78.3 cm³/mol. The van der Waals surface area contributed by atoms with Gasteiger partial charge in [-0.05, 0) is 39.8 Å². The summed E-state index contributed by atoms with van der Waals surface area (Å²) in [6.07, 6.45) is 0. The van der Waals surface area contributed by atoms with Gasteiger partial charge in [-0.15, -0.1) is 0 Å². The van der Waals surface area contributed by atoms with Crippen LogP contribution in [0.4, 0.5) is 9.18 Å². The maximum absolute atomic E-state index is 13.6. The molecule has 1 rings (SSSR count). The van der Waals surface area contributed by atoms with Gasteiger partial charge >= 0.3 is 6.03 Å². The Hall–Kier alpha value is -2.44. The number of imide groups is 1. The number of amides is 3. The van der Waals surface area contributed by atoms with Gasteiger partial charge in [-0.2, -0.15) is 0 Å². The minimum atomic E-state index is -0.726. The summed E-state index contributed by atoms with van der Waals surface area (Å²) in [5.41, 5.74) is -0.530. The maximum atomic E-state index is 13.6. The summed E-state index contributed by atoms with van der Waals surface area (Å²) in [7, 11) is 0. The SMILES string of the molecule is CC(=O)c1ccc(OCC(=O)NC(=O)NC(C)(C)C)cc1F. The molecule has 0 aliphatic heterocycles. The van der Waals surface area contributed by atoms with E-state index in [1.807, 2.05) is 0 Å². The van der Waals surface area contributed by atoms with E-state index in [9.17, 15) is 18.8 Å². The van der Waals surface area contributed by atoms with Crippen LogP contribution >= 0.6 is 0 Å². The number of halogens is 1. The van der Waals surface area contributed by atoms with E-state index in [1.165, 1.54) is 19.1 Å². The normalized spacial score (nSPS) is 10.8. The molecule has 0 bridgehead atoms. The van der Waals surface area contributed by atoms with Crippen molar-refractivity contribution in [2.24, 2.45) is 0 Å². The van der Waals surface area contributed by atoms with E-state index in [0.29, 0.717) is 0 Å². The number of ether oxygens (including phenoxy) is 1. The number of hydrogen-bond donors (Lipinski definition) is 2. The van der Waals surface area contributed by atoms with E-state index in [4.69, 9.17) is 4.74 Å². The third-order valence-electron chi connectivity index (χ3n) is 2.43. The summed E-state index contributed by atoms with van der Waals surface area (Å²) >= 11 is 0. The molecule has 0 aliphatic carbocycles. The number of nitrogens with one attached hydrogen (secondary N) is 2. The topological polar surface area (TPSA) is 84.5 Å². The number of rotatable bonds is 4. The zero-order chi connectivity index (χ0) is 16.9. The number of carbonyl (C=O) groups excluding carboxylic acids is 3. The van der Waals surface area contributed by atoms with Crippen molar-refractivity contribution >= 4 is 17.7 Å². The number of benzene rings is 1. The van der Waals surface area contributed by atoms with Crippen LogP contribution in [0.5, 0.6) is 5.75 Å². The van der Waals surface area contributed by atoms with Crippen LogP contribution in [0.2, 0.25) is 0 Å². The fourth-order valence-electron chi connectivity index (χ4n) is 1.55. The summed E-state index contributed by atoms with van der Waals surface area (Å²) in [5.74, 6) is -1.71. The zero-order valence-electron chi connectivity index (χ0n) is 13.0. The van der Waals surface area contributed by atoms with Gasteiger partial charge in [-0.25, -0.2) is 9.18 Å². The van der Waals surface area contributed by atoms with Crippen LogP contribution in [0.3, 0.4) is 0 Å². The standard InChI is InChI=1S/C15H19FN2O4/c1-9(19)11-6-5-10(7-12(11)16)22-8-13(20)17-14(21)18-15(2,3)4/h5-7H,8H2,1-4H3,(H2,17,18,20,21). The molecule has 3 amide bonds. The summed E-state index contributed by atoms with van der Waals surface area (Å²) in [5, 5.41) is 4.64. The van der Waals surface area contributed by atoms with Crippen LogP contribution in [-0.2, 0) is 4.79 Å². The third kappa shape index (κ3) is 5.90. The fraction of sp³-hybridized carbons (Fsp3) is 0.400. The number of urea groups is 1. The Kier molecular flexibility index (Phi) is 5.62. The second kappa shape index (κ2) is 7.02. The van der Waals surface area contributed by atoms with Crippen LogP contribution in [0.25, 0.3) is 0 Å². The van der Waals surface area contributed by atoms with Crippen LogP contribution in [0, 0.1) is 5.82 Å². The van der Waals surface area contributed by atoms with Crippen molar-refractivity contribution in [2.45, 2.75) is 33.2 Å². The largest absolute Gasteiger partial charge is 0.484 e. The van der Waals surface area contributed by atoms with Crippen LogP contribution < -0.4 is 15.4 Å². The lowest BCUT2D eigenvalue weighted by molar-refractivity contribution is -0.122. The van der Waals surface area contributed by atoms with Gasteiger partial charge in [0.2, 0.25) is 0 Å². The molecule has 0 aliphatic rings. The lowest BCUT2D eigenvalue weighted by Gasteiger charge is -2.20. The van der Waals surface area contributed by atoms with Gasteiger partial charge in [-0.1, -0.05) is 0 Å². The lowest BCUT2D eigenvalue weighted by atomic mass is 10.1. The molecule has 0 fully saturated rings. The molecule has 1 aromatic carbocycles. The van der Waals surface area contributed by atoms with E-state index >= 15 is 0 Å². The minimum Gasteiger partial charge on any atom is -0.484 e. The molecular weight excluding hydrogens is 291 g/mol. The minimum absolute atomic E-state index is 0.0543. The highest BCUT2D eigenvalue weighted by Gasteiger charge is 2.16. The number of carbonyl (C=O) groups is 3. The molecule has 22 heavy (non-hydrogen) atoms. The van der Waals surface area contributed by atoms with E-state index in [2.05, 4.69) is 10.6 Å². The van der Waals surface area contributed by atoms with E-state index in [0.717, 1.165) is 6.07 Å². The van der Waals surface area contributed by atoms with E-state index in [1.54, 1.807) is 20.8 Å². The Morgan fingerprint density at radius 1 is 1.23 bits per heavy atom. The average Bonchev–Trinajstić information content (AvgIpc) is 2.33. The van der Waals surface area contributed by atoms with Crippen molar-refractivity contribution in [2.75, 3.05) is 6.61 Å². The molecule has 0 spiro atoms. The molecule has 6 nitrogen and oxygen atoms in total. The highest BCUT2D eigenvalue weighted by Crippen LogP contribution is 2.17. The highest BCUT2D eigenvalue weighted by atomic mass is 19.1. The number of hydrogen-bond acceptors (Lipinski definition) is 4. The first kappa shape index (κ1) is 17.6. The van der Waals surface area contributed by atoms with Crippen molar-refractivity contribution in [1.82, 2.24) is 10.6 Å². The first-order chi connectivity index (χ1) is 10.1. The monoisotopic (exact) mass is 310 g/mol. The quantitative estimate of drug-likeness (QED) is 0.833. The molecule has 7 heteroatoms. The first-order valence-electron chi connectivity index (χ1n) is 6.64. The number of Topliss-reactive ketones (excluding diaryl/α,β-unsaturated/α-hetero) is 1. The van der Waals surface area contributed by atoms with Crippen molar-refractivity contribution in [1.29, 1.82) is 0 Å². The maximum Gasteiger partial charge on any atom is 0.321 e. The second-order valence-corrected chi connectivity index (χ2v) is 5.74. The summed E-state index contributed by atoms with van der Waals surface area (Å²) in [6, 6.07) is 3.03. The zero-order valence-corrected chi connectivity index (χ0v) is 13.0. The Morgan fingerprint density at radius 2 is 1.86 bits per heavy atom. The van der Waals surface area contributed by atoms with Crippen LogP contribution in [-0.4, -0.2) is 29.9 Å². The molecule has 0 saturated carbocycles. The van der Waals surface area contributed by atoms with Crippen molar-refractivity contribution in [3.63, 3.8) is 0 Å². The molecule has 0 saturated heterocycles. The summed E-state index contributed by atoms with van der Waals surface area (Å²) < 4.78 is 18.6. The second-order valence-electron chi connectivity index (χ2n) is 5.74. The molecule has 0 atom stereocenters. The van der Waals surface area contributed by atoms with Gasteiger partial charge in [-0.3, -0.25) is 14.9 Å². The molecule has 0 radical (unpaired) electrons. The Balaban J connectivity index is 2.53. The van der Waals surface area contributed by atoms with Crippen LogP contribution in [0.15, 0.2) is 18.2 Å².